The molecule has 0 aliphatic heterocycles. The number of aryl methyl sites for hydroxylation is 1. The van der Waals surface area contributed by atoms with E-state index >= 15 is 0 Å². The predicted octanol–water partition coefficient (Wildman–Crippen LogP) is 4.26. The van der Waals surface area contributed by atoms with Crippen molar-refractivity contribution in [3.05, 3.63) is 47.5 Å². The van der Waals surface area contributed by atoms with E-state index in [9.17, 15) is 4.79 Å². The molecule has 0 heterocycles. The van der Waals surface area contributed by atoms with E-state index in [0.29, 0.717) is 6.54 Å². The van der Waals surface area contributed by atoms with Crippen LogP contribution >= 0.6 is 11.6 Å². The summed E-state index contributed by atoms with van der Waals surface area (Å²) in [4.78, 5) is 13.4. The largest absolute Gasteiger partial charge is 0.322 e. The first-order valence-electron chi connectivity index (χ1n) is 6.33. The van der Waals surface area contributed by atoms with Crippen LogP contribution in [0.4, 0.5) is 4.79 Å². The van der Waals surface area contributed by atoms with E-state index in [-0.39, 0.29) is 11.4 Å². The number of amides is 1. The monoisotopic (exact) mass is 263 g/mol. The average Bonchev–Trinajstić information content (AvgIpc) is 2.38. The molecule has 1 aromatic rings. The number of hydrogen-bond donors (Lipinski definition) is 0. The molecule has 2 nitrogen and oxygen atoms in total. The maximum absolute atomic E-state index is 11.6. The molecule has 0 fully saturated rings. The zero-order valence-electron chi connectivity index (χ0n) is 10.6. The van der Waals surface area contributed by atoms with Crippen LogP contribution < -0.4 is 0 Å². The Hall–Kier alpha value is -1.28. The standard InChI is InChI=1S/C15H18ClNO/c1-12-7-9-13(10-8-12)11-17(15(16)18)14-5-3-2-4-6-14/h2-3,7-10,14H,4-6,11H2,1H3. The minimum atomic E-state index is -0.351. The van der Waals surface area contributed by atoms with Gasteiger partial charge in [0, 0.05) is 12.6 Å². The third kappa shape index (κ3) is 3.36. The van der Waals surface area contributed by atoms with Crippen LogP contribution in [0.25, 0.3) is 0 Å². The Morgan fingerprint density at radius 3 is 2.61 bits per heavy atom. The van der Waals surface area contributed by atoms with Crippen LogP contribution in [0.5, 0.6) is 0 Å². The lowest BCUT2D eigenvalue weighted by molar-refractivity contribution is 0.188. The summed E-state index contributed by atoms with van der Waals surface area (Å²) in [5.41, 5.74) is 2.35. The van der Waals surface area contributed by atoms with E-state index < -0.39 is 0 Å². The predicted molar refractivity (Wildman–Crippen MR) is 74.8 cm³/mol. The molecule has 1 unspecified atom stereocenters. The molecule has 1 aliphatic rings. The quantitative estimate of drug-likeness (QED) is 0.453. The average molecular weight is 264 g/mol. The lowest BCUT2D eigenvalue weighted by atomic mass is 10.00. The Bertz CT molecular complexity index is 438. The summed E-state index contributed by atoms with van der Waals surface area (Å²) in [6, 6.07) is 8.48. The van der Waals surface area contributed by atoms with Gasteiger partial charge < -0.3 is 4.90 Å². The molecule has 2 rings (SSSR count). The molecule has 0 N–H and O–H groups in total. The van der Waals surface area contributed by atoms with Gasteiger partial charge in [-0.2, -0.15) is 0 Å². The summed E-state index contributed by atoms with van der Waals surface area (Å²) in [5.74, 6) is 0. The maximum atomic E-state index is 11.6. The molecule has 0 saturated heterocycles. The topological polar surface area (TPSA) is 20.3 Å². The molecule has 1 atom stereocenters. The molecule has 1 amide bonds. The van der Waals surface area contributed by atoms with Crippen molar-refractivity contribution in [3.63, 3.8) is 0 Å². The van der Waals surface area contributed by atoms with Crippen LogP contribution in [0.2, 0.25) is 0 Å². The smallest absolute Gasteiger partial charge is 0.316 e. The van der Waals surface area contributed by atoms with Gasteiger partial charge in [-0.3, -0.25) is 4.79 Å². The molecule has 0 bridgehead atoms. The number of nitrogens with zero attached hydrogens (tertiary/aromatic N) is 1. The zero-order chi connectivity index (χ0) is 13.0. The summed E-state index contributed by atoms with van der Waals surface area (Å²) in [6.45, 7) is 2.65. The molecular formula is C15H18ClNO. The van der Waals surface area contributed by atoms with E-state index in [0.717, 1.165) is 24.8 Å². The van der Waals surface area contributed by atoms with E-state index in [1.165, 1.54) is 5.56 Å². The van der Waals surface area contributed by atoms with Crippen LogP contribution in [0.15, 0.2) is 36.4 Å². The van der Waals surface area contributed by atoms with Gasteiger partial charge in [0.05, 0.1) is 0 Å². The second kappa shape index (κ2) is 6.05. The molecular weight excluding hydrogens is 246 g/mol. The minimum absolute atomic E-state index is 0.237. The summed E-state index contributed by atoms with van der Waals surface area (Å²) in [6.07, 6.45) is 7.24. The number of allylic oxidation sites excluding steroid dienone is 1. The maximum Gasteiger partial charge on any atom is 0.316 e. The Morgan fingerprint density at radius 1 is 1.33 bits per heavy atom. The third-order valence-corrected chi connectivity index (χ3v) is 3.60. The number of halogens is 1. The number of carbonyl (C=O) groups excluding carboxylic acids is 1. The van der Waals surface area contributed by atoms with Gasteiger partial charge >= 0.3 is 5.37 Å². The van der Waals surface area contributed by atoms with Gasteiger partial charge in [-0.25, -0.2) is 0 Å². The normalized spacial score (nSPS) is 18.7. The van der Waals surface area contributed by atoms with Gasteiger partial charge in [0.2, 0.25) is 0 Å². The Kier molecular flexibility index (Phi) is 4.43. The van der Waals surface area contributed by atoms with Crippen LogP contribution in [0, 0.1) is 6.92 Å². The molecule has 0 spiro atoms. The fourth-order valence-electron chi connectivity index (χ4n) is 2.29. The highest BCUT2D eigenvalue weighted by atomic mass is 35.5. The van der Waals surface area contributed by atoms with Crippen molar-refractivity contribution < 1.29 is 4.79 Å². The van der Waals surface area contributed by atoms with Crippen LogP contribution in [-0.2, 0) is 6.54 Å². The Labute approximate surface area is 113 Å². The van der Waals surface area contributed by atoms with Gasteiger partial charge in [-0.1, -0.05) is 42.0 Å². The van der Waals surface area contributed by atoms with Crippen molar-refractivity contribution >= 4 is 17.0 Å². The molecule has 0 saturated carbocycles. The molecule has 96 valence electrons. The lowest BCUT2D eigenvalue weighted by Crippen LogP contribution is -2.37. The first-order chi connectivity index (χ1) is 8.66. The van der Waals surface area contributed by atoms with E-state index in [1.54, 1.807) is 4.90 Å². The summed E-state index contributed by atoms with van der Waals surface area (Å²) in [5, 5.41) is -0.351. The van der Waals surface area contributed by atoms with E-state index in [2.05, 4.69) is 43.3 Å². The first kappa shape index (κ1) is 13.2. The van der Waals surface area contributed by atoms with Crippen molar-refractivity contribution in [2.24, 2.45) is 0 Å². The van der Waals surface area contributed by atoms with E-state index in [1.807, 2.05) is 0 Å². The summed E-state index contributed by atoms with van der Waals surface area (Å²) < 4.78 is 0. The van der Waals surface area contributed by atoms with Crippen LogP contribution in [-0.4, -0.2) is 16.3 Å². The number of carbonyl (C=O) groups is 1. The van der Waals surface area contributed by atoms with Crippen LogP contribution in [0.1, 0.15) is 30.4 Å². The molecule has 3 heteroatoms. The number of hydrogen-bond acceptors (Lipinski definition) is 1. The highest BCUT2D eigenvalue weighted by Crippen LogP contribution is 2.21. The summed E-state index contributed by atoms with van der Waals surface area (Å²) >= 11 is 5.72. The highest BCUT2D eigenvalue weighted by Gasteiger charge is 2.22. The van der Waals surface area contributed by atoms with E-state index in [4.69, 9.17) is 11.6 Å². The molecule has 18 heavy (non-hydrogen) atoms. The second-order valence-electron chi connectivity index (χ2n) is 4.80. The van der Waals surface area contributed by atoms with Crippen molar-refractivity contribution in [2.75, 3.05) is 0 Å². The fourth-order valence-corrected chi connectivity index (χ4v) is 2.48. The molecule has 0 radical (unpaired) electrons. The fraction of sp³-hybridized carbons (Fsp3) is 0.400. The SMILES string of the molecule is Cc1ccc(CN(C(=O)Cl)C2CC=CCC2)cc1. The van der Waals surface area contributed by atoms with Crippen molar-refractivity contribution in [1.29, 1.82) is 0 Å². The van der Waals surface area contributed by atoms with Gasteiger partial charge in [-0.05, 0) is 43.4 Å². The highest BCUT2D eigenvalue weighted by molar-refractivity contribution is 6.62. The van der Waals surface area contributed by atoms with Gasteiger partial charge in [0.15, 0.2) is 0 Å². The molecule has 1 aromatic carbocycles. The Balaban J connectivity index is 2.08. The van der Waals surface area contributed by atoms with Crippen molar-refractivity contribution in [2.45, 2.75) is 38.8 Å². The lowest BCUT2D eigenvalue weighted by Gasteiger charge is -2.30. The molecule has 0 aromatic heterocycles. The van der Waals surface area contributed by atoms with Crippen LogP contribution in [0.3, 0.4) is 0 Å². The first-order valence-corrected chi connectivity index (χ1v) is 6.71. The third-order valence-electron chi connectivity index (χ3n) is 3.38. The number of rotatable bonds is 3. The van der Waals surface area contributed by atoms with Gasteiger partial charge in [0.25, 0.3) is 0 Å². The second-order valence-corrected chi connectivity index (χ2v) is 5.13. The zero-order valence-corrected chi connectivity index (χ0v) is 11.4. The summed E-state index contributed by atoms with van der Waals surface area (Å²) in [7, 11) is 0. The van der Waals surface area contributed by atoms with Gasteiger partial charge in [-0.15, -0.1) is 0 Å². The molecule has 1 aliphatic carbocycles. The number of benzene rings is 1. The minimum Gasteiger partial charge on any atom is -0.322 e. The van der Waals surface area contributed by atoms with Crippen molar-refractivity contribution in [1.82, 2.24) is 4.90 Å². The van der Waals surface area contributed by atoms with Gasteiger partial charge in [0.1, 0.15) is 0 Å². The van der Waals surface area contributed by atoms with Crippen molar-refractivity contribution in [3.8, 4) is 0 Å². The Morgan fingerprint density at radius 2 is 2.06 bits per heavy atom.